The molecule has 0 saturated carbocycles. The van der Waals surface area contributed by atoms with E-state index in [4.69, 9.17) is 10.00 Å². The standard InChI is InChI=1S/C6H9NO.C2H6/c1-6(4-7)2-3-8-5-6;1-2/h2-3,5H2,1H3;1-2H3. The summed E-state index contributed by atoms with van der Waals surface area (Å²) >= 11 is 0. The maximum Gasteiger partial charge on any atom is 0.0800 e. The van der Waals surface area contributed by atoms with Crippen LogP contribution in [0.4, 0.5) is 0 Å². The first kappa shape index (κ1) is 9.45. The lowest BCUT2D eigenvalue weighted by molar-refractivity contribution is 0.176. The van der Waals surface area contributed by atoms with E-state index in [1.54, 1.807) is 0 Å². The van der Waals surface area contributed by atoms with Crippen molar-refractivity contribution >= 4 is 0 Å². The van der Waals surface area contributed by atoms with Crippen molar-refractivity contribution in [3.05, 3.63) is 0 Å². The van der Waals surface area contributed by atoms with Gasteiger partial charge in [-0.05, 0) is 13.3 Å². The Bertz CT molecular complexity index is 120. The van der Waals surface area contributed by atoms with Crippen LogP contribution < -0.4 is 0 Å². The average molecular weight is 141 g/mol. The van der Waals surface area contributed by atoms with Crippen molar-refractivity contribution in [2.45, 2.75) is 27.2 Å². The average Bonchev–Trinajstić information content (AvgIpc) is 2.42. The summed E-state index contributed by atoms with van der Waals surface area (Å²) in [7, 11) is 0. The summed E-state index contributed by atoms with van der Waals surface area (Å²) in [6.45, 7) is 7.30. The minimum Gasteiger partial charge on any atom is -0.380 e. The predicted molar refractivity (Wildman–Crippen MR) is 40.5 cm³/mol. The predicted octanol–water partition coefficient (Wildman–Crippen LogP) is 1.96. The summed E-state index contributed by atoms with van der Waals surface area (Å²) in [5.41, 5.74) is -0.181. The highest BCUT2D eigenvalue weighted by Crippen LogP contribution is 2.25. The molecule has 0 aromatic heterocycles. The van der Waals surface area contributed by atoms with Crippen LogP contribution in [0.5, 0.6) is 0 Å². The van der Waals surface area contributed by atoms with Crippen LogP contribution in [0.3, 0.4) is 0 Å². The Hall–Kier alpha value is -0.550. The molecule has 0 radical (unpaired) electrons. The Morgan fingerprint density at radius 1 is 1.50 bits per heavy atom. The van der Waals surface area contributed by atoms with Crippen LogP contribution in [-0.4, -0.2) is 13.2 Å². The normalized spacial score (nSPS) is 30.2. The number of rotatable bonds is 0. The maximum absolute atomic E-state index is 8.50. The Morgan fingerprint density at radius 2 is 2.10 bits per heavy atom. The van der Waals surface area contributed by atoms with Gasteiger partial charge in [0.15, 0.2) is 0 Å². The number of ether oxygens (including phenoxy) is 1. The lowest BCUT2D eigenvalue weighted by Crippen LogP contribution is -2.11. The quantitative estimate of drug-likeness (QED) is 0.516. The van der Waals surface area contributed by atoms with Crippen LogP contribution in [-0.2, 0) is 4.74 Å². The first-order valence-corrected chi connectivity index (χ1v) is 3.76. The van der Waals surface area contributed by atoms with Gasteiger partial charge >= 0.3 is 0 Å². The van der Waals surface area contributed by atoms with E-state index >= 15 is 0 Å². The van der Waals surface area contributed by atoms with Crippen LogP contribution in [0.15, 0.2) is 0 Å². The van der Waals surface area contributed by atoms with Crippen LogP contribution in [0.1, 0.15) is 27.2 Å². The van der Waals surface area contributed by atoms with E-state index in [0.29, 0.717) is 6.61 Å². The fraction of sp³-hybridized carbons (Fsp3) is 0.875. The van der Waals surface area contributed by atoms with Gasteiger partial charge in [-0.3, -0.25) is 0 Å². The molecule has 0 N–H and O–H groups in total. The summed E-state index contributed by atoms with van der Waals surface area (Å²) in [6.07, 6.45) is 0.892. The molecule has 2 heteroatoms. The van der Waals surface area contributed by atoms with E-state index in [9.17, 15) is 0 Å². The third kappa shape index (κ3) is 2.36. The maximum atomic E-state index is 8.50. The topological polar surface area (TPSA) is 33.0 Å². The lowest BCUT2D eigenvalue weighted by Gasteiger charge is -2.07. The van der Waals surface area contributed by atoms with Crippen LogP contribution >= 0.6 is 0 Å². The van der Waals surface area contributed by atoms with Gasteiger partial charge in [-0.2, -0.15) is 5.26 Å². The molecule has 1 unspecified atom stereocenters. The molecule has 1 fully saturated rings. The van der Waals surface area contributed by atoms with Crippen LogP contribution in [0, 0.1) is 16.7 Å². The third-order valence-electron chi connectivity index (χ3n) is 1.49. The molecule has 0 bridgehead atoms. The molecular weight excluding hydrogens is 126 g/mol. The van der Waals surface area contributed by atoms with E-state index < -0.39 is 0 Å². The molecule has 10 heavy (non-hydrogen) atoms. The lowest BCUT2D eigenvalue weighted by atomic mass is 9.93. The molecule has 1 saturated heterocycles. The van der Waals surface area contributed by atoms with Gasteiger partial charge in [0.1, 0.15) is 0 Å². The number of nitrogens with zero attached hydrogens (tertiary/aromatic N) is 1. The summed E-state index contributed by atoms with van der Waals surface area (Å²) < 4.78 is 5.03. The zero-order valence-electron chi connectivity index (χ0n) is 6.98. The third-order valence-corrected chi connectivity index (χ3v) is 1.49. The monoisotopic (exact) mass is 141 g/mol. The zero-order chi connectivity index (χ0) is 8.04. The van der Waals surface area contributed by atoms with Crippen molar-refractivity contribution in [1.29, 1.82) is 5.26 Å². The number of hydrogen-bond acceptors (Lipinski definition) is 2. The molecule has 1 rings (SSSR count). The van der Waals surface area contributed by atoms with Gasteiger partial charge in [-0.1, -0.05) is 13.8 Å². The van der Waals surface area contributed by atoms with E-state index in [-0.39, 0.29) is 5.41 Å². The molecule has 1 heterocycles. The molecule has 1 aliphatic rings. The molecule has 2 nitrogen and oxygen atoms in total. The smallest absolute Gasteiger partial charge is 0.0800 e. The Labute approximate surface area is 62.8 Å². The Kier molecular flexibility index (Phi) is 4.06. The fourth-order valence-electron chi connectivity index (χ4n) is 0.755. The van der Waals surface area contributed by atoms with Crippen LogP contribution in [0.2, 0.25) is 0 Å². The highest BCUT2D eigenvalue weighted by Gasteiger charge is 2.28. The van der Waals surface area contributed by atoms with Gasteiger partial charge < -0.3 is 4.74 Å². The second-order valence-corrected chi connectivity index (χ2v) is 2.48. The van der Waals surface area contributed by atoms with E-state index in [2.05, 4.69) is 6.07 Å². The van der Waals surface area contributed by atoms with Crippen molar-refractivity contribution in [2.24, 2.45) is 5.41 Å². The van der Waals surface area contributed by atoms with Gasteiger partial charge in [0.25, 0.3) is 0 Å². The molecule has 1 atom stereocenters. The summed E-state index contributed by atoms with van der Waals surface area (Å²) in [6, 6.07) is 2.22. The Balaban J connectivity index is 0.000000371. The molecule has 0 aromatic rings. The van der Waals surface area contributed by atoms with Crippen molar-refractivity contribution in [2.75, 3.05) is 13.2 Å². The molecule has 0 aliphatic carbocycles. The first-order valence-electron chi connectivity index (χ1n) is 3.76. The second kappa shape index (κ2) is 4.29. The largest absolute Gasteiger partial charge is 0.380 e. The molecular formula is C8H15NO. The van der Waals surface area contributed by atoms with Gasteiger partial charge in [-0.15, -0.1) is 0 Å². The highest BCUT2D eigenvalue weighted by atomic mass is 16.5. The van der Waals surface area contributed by atoms with Crippen molar-refractivity contribution in [3.8, 4) is 6.07 Å². The summed E-state index contributed by atoms with van der Waals surface area (Å²) in [4.78, 5) is 0. The van der Waals surface area contributed by atoms with E-state index in [0.717, 1.165) is 13.0 Å². The van der Waals surface area contributed by atoms with Crippen molar-refractivity contribution in [1.82, 2.24) is 0 Å². The minimum absolute atomic E-state index is 0.181. The molecule has 1 aliphatic heterocycles. The highest BCUT2D eigenvalue weighted by molar-refractivity contribution is 4.97. The van der Waals surface area contributed by atoms with Gasteiger partial charge in [0, 0.05) is 6.61 Å². The van der Waals surface area contributed by atoms with Crippen LogP contribution in [0.25, 0.3) is 0 Å². The molecule has 58 valence electrons. The summed E-state index contributed by atoms with van der Waals surface area (Å²) in [5, 5.41) is 8.50. The molecule has 0 aromatic carbocycles. The fourth-order valence-corrected chi connectivity index (χ4v) is 0.755. The molecule has 0 amide bonds. The first-order chi connectivity index (χ1) is 4.77. The van der Waals surface area contributed by atoms with Gasteiger partial charge in [-0.25, -0.2) is 0 Å². The molecule has 0 spiro atoms. The van der Waals surface area contributed by atoms with Crippen molar-refractivity contribution < 1.29 is 4.74 Å². The SMILES string of the molecule is CC.CC1(C#N)CCOC1. The summed E-state index contributed by atoms with van der Waals surface area (Å²) in [5.74, 6) is 0. The van der Waals surface area contributed by atoms with Crippen molar-refractivity contribution in [3.63, 3.8) is 0 Å². The van der Waals surface area contributed by atoms with E-state index in [1.165, 1.54) is 0 Å². The van der Waals surface area contributed by atoms with Gasteiger partial charge in [0.05, 0.1) is 18.1 Å². The number of hydrogen-bond donors (Lipinski definition) is 0. The minimum atomic E-state index is -0.181. The van der Waals surface area contributed by atoms with E-state index in [1.807, 2.05) is 20.8 Å². The number of nitriles is 1. The second-order valence-electron chi connectivity index (χ2n) is 2.48. The van der Waals surface area contributed by atoms with Gasteiger partial charge in [0.2, 0.25) is 0 Å². The Morgan fingerprint density at radius 3 is 2.30 bits per heavy atom. The zero-order valence-corrected chi connectivity index (χ0v) is 6.98.